The van der Waals surface area contributed by atoms with Gasteiger partial charge in [0.25, 0.3) is 0 Å². The highest BCUT2D eigenvalue weighted by molar-refractivity contribution is 5.40. The van der Waals surface area contributed by atoms with Crippen molar-refractivity contribution in [3.63, 3.8) is 0 Å². The molecule has 1 aromatic carbocycles. The maximum Gasteiger partial charge on any atom is 0.188 e. The molecule has 0 saturated heterocycles. The lowest BCUT2D eigenvalue weighted by atomic mass is 9.67. The van der Waals surface area contributed by atoms with E-state index in [1.165, 1.54) is 5.56 Å². The predicted molar refractivity (Wildman–Crippen MR) is 92.3 cm³/mol. The number of allylic oxidation sites excluding steroid dienone is 2. The summed E-state index contributed by atoms with van der Waals surface area (Å²) in [7, 11) is 5.41. The lowest BCUT2D eigenvalue weighted by Gasteiger charge is -2.43. The van der Waals surface area contributed by atoms with Crippen LogP contribution in [0.15, 0.2) is 48.9 Å². The summed E-state index contributed by atoms with van der Waals surface area (Å²) in [6.07, 6.45) is 5.12. The van der Waals surface area contributed by atoms with Crippen molar-refractivity contribution >= 4 is 0 Å². The standard InChI is InChI=1S/C19H27NO3/c1-15-13-20(3)10-9-19(15,12-16(2)23-14-21-4)17-7-6-8-18(11-17)22-5/h6-11,15H,2,12-14H2,1,3-5H3/t15-,19-/m0/s1. The SMILES string of the molecule is C=C(C[C@@]1(c2cccc(OC)c2)C=CN(C)C[C@@H]1C)OCOC. The van der Waals surface area contributed by atoms with E-state index in [1.54, 1.807) is 14.2 Å². The molecule has 2 rings (SSSR count). The van der Waals surface area contributed by atoms with Crippen molar-refractivity contribution in [2.45, 2.75) is 18.8 Å². The molecule has 23 heavy (non-hydrogen) atoms. The molecule has 0 spiro atoms. The topological polar surface area (TPSA) is 30.9 Å². The molecule has 0 fully saturated rings. The van der Waals surface area contributed by atoms with Gasteiger partial charge in [0, 0.05) is 32.5 Å². The Morgan fingerprint density at radius 2 is 2.17 bits per heavy atom. The van der Waals surface area contributed by atoms with Crippen molar-refractivity contribution in [1.82, 2.24) is 4.90 Å². The molecule has 0 bridgehead atoms. The molecule has 0 amide bonds. The minimum atomic E-state index is -0.161. The third kappa shape index (κ3) is 3.88. The first kappa shape index (κ1) is 17.4. The van der Waals surface area contributed by atoms with Gasteiger partial charge in [-0.1, -0.05) is 31.7 Å². The van der Waals surface area contributed by atoms with Crippen molar-refractivity contribution in [3.8, 4) is 5.75 Å². The minimum Gasteiger partial charge on any atom is -0.497 e. The number of benzene rings is 1. The Morgan fingerprint density at radius 1 is 1.39 bits per heavy atom. The smallest absolute Gasteiger partial charge is 0.188 e. The fourth-order valence-electron chi connectivity index (χ4n) is 3.23. The second-order valence-corrected chi connectivity index (χ2v) is 6.19. The van der Waals surface area contributed by atoms with Crippen LogP contribution in [0.5, 0.6) is 5.75 Å². The molecular formula is C19H27NO3. The van der Waals surface area contributed by atoms with Crippen LogP contribution in [-0.4, -0.2) is 39.5 Å². The van der Waals surface area contributed by atoms with Crippen molar-refractivity contribution in [2.24, 2.45) is 5.92 Å². The normalized spacial score (nSPS) is 23.7. The summed E-state index contributed by atoms with van der Waals surface area (Å²) in [5.74, 6) is 2.01. The van der Waals surface area contributed by atoms with Gasteiger partial charge in [-0.05, 0) is 29.8 Å². The lowest BCUT2D eigenvalue weighted by Crippen LogP contribution is -2.41. The molecule has 0 aromatic heterocycles. The third-order valence-electron chi connectivity index (χ3n) is 4.55. The Labute approximate surface area is 139 Å². The van der Waals surface area contributed by atoms with Crippen LogP contribution in [0.25, 0.3) is 0 Å². The minimum absolute atomic E-state index is 0.161. The second kappa shape index (κ2) is 7.55. The second-order valence-electron chi connectivity index (χ2n) is 6.19. The van der Waals surface area contributed by atoms with Gasteiger partial charge in [-0.25, -0.2) is 0 Å². The van der Waals surface area contributed by atoms with E-state index in [0.717, 1.165) is 24.5 Å². The molecule has 1 aliphatic rings. The first-order chi connectivity index (χ1) is 11.0. The number of nitrogens with zero attached hydrogens (tertiary/aromatic N) is 1. The van der Waals surface area contributed by atoms with E-state index in [9.17, 15) is 0 Å². The molecule has 0 radical (unpaired) electrons. The number of methoxy groups -OCH3 is 2. The van der Waals surface area contributed by atoms with Crippen molar-refractivity contribution < 1.29 is 14.2 Å². The van der Waals surface area contributed by atoms with Crippen LogP contribution in [-0.2, 0) is 14.9 Å². The molecule has 1 aromatic rings. The van der Waals surface area contributed by atoms with E-state index in [4.69, 9.17) is 14.2 Å². The Balaban J connectivity index is 2.38. The van der Waals surface area contributed by atoms with Gasteiger partial charge in [-0.2, -0.15) is 0 Å². The van der Waals surface area contributed by atoms with E-state index in [2.05, 4.69) is 49.9 Å². The molecule has 1 aliphatic heterocycles. The van der Waals surface area contributed by atoms with Gasteiger partial charge in [-0.3, -0.25) is 0 Å². The number of ether oxygens (including phenoxy) is 3. The maximum absolute atomic E-state index is 5.58. The van der Waals surface area contributed by atoms with Gasteiger partial charge in [0.05, 0.1) is 12.9 Å². The maximum atomic E-state index is 5.58. The quantitative estimate of drug-likeness (QED) is 0.568. The Hall–Kier alpha value is -1.94. The third-order valence-corrected chi connectivity index (χ3v) is 4.55. The van der Waals surface area contributed by atoms with E-state index in [1.807, 2.05) is 12.1 Å². The first-order valence-electron chi connectivity index (χ1n) is 7.85. The van der Waals surface area contributed by atoms with Crippen molar-refractivity contribution in [3.05, 3.63) is 54.4 Å². The average molecular weight is 317 g/mol. The monoisotopic (exact) mass is 317 g/mol. The van der Waals surface area contributed by atoms with E-state index >= 15 is 0 Å². The molecule has 0 N–H and O–H groups in total. The van der Waals surface area contributed by atoms with Gasteiger partial charge in [0.15, 0.2) is 6.79 Å². The molecular weight excluding hydrogens is 290 g/mol. The number of hydrogen-bond donors (Lipinski definition) is 0. The summed E-state index contributed by atoms with van der Waals surface area (Å²) in [4.78, 5) is 2.21. The van der Waals surface area contributed by atoms with Crippen LogP contribution < -0.4 is 4.74 Å². The molecule has 0 saturated carbocycles. The summed E-state index contributed by atoms with van der Waals surface area (Å²) >= 11 is 0. The molecule has 0 unspecified atom stereocenters. The highest BCUT2D eigenvalue weighted by atomic mass is 16.7. The molecule has 4 heteroatoms. The van der Waals surface area contributed by atoms with Crippen LogP contribution in [0, 0.1) is 5.92 Å². The van der Waals surface area contributed by atoms with Crippen LogP contribution >= 0.6 is 0 Å². The molecule has 1 heterocycles. The van der Waals surface area contributed by atoms with Gasteiger partial charge in [-0.15, -0.1) is 0 Å². The van der Waals surface area contributed by atoms with E-state index < -0.39 is 0 Å². The molecule has 4 nitrogen and oxygen atoms in total. The predicted octanol–water partition coefficient (Wildman–Crippen LogP) is 3.55. The molecule has 126 valence electrons. The van der Waals surface area contributed by atoms with Crippen LogP contribution in [0.2, 0.25) is 0 Å². The lowest BCUT2D eigenvalue weighted by molar-refractivity contribution is -0.00104. The average Bonchev–Trinajstić information content (AvgIpc) is 2.55. The first-order valence-corrected chi connectivity index (χ1v) is 7.85. The number of hydrogen-bond acceptors (Lipinski definition) is 4. The van der Waals surface area contributed by atoms with E-state index in [-0.39, 0.29) is 12.2 Å². The van der Waals surface area contributed by atoms with Crippen LogP contribution in [0.4, 0.5) is 0 Å². The van der Waals surface area contributed by atoms with Gasteiger partial charge in [0.1, 0.15) is 5.75 Å². The highest BCUT2D eigenvalue weighted by Gasteiger charge is 2.39. The van der Waals surface area contributed by atoms with Crippen LogP contribution in [0.1, 0.15) is 18.9 Å². The van der Waals surface area contributed by atoms with Crippen molar-refractivity contribution in [2.75, 3.05) is 34.6 Å². The highest BCUT2D eigenvalue weighted by Crippen LogP contribution is 2.43. The zero-order chi connectivity index (χ0) is 16.9. The number of rotatable bonds is 7. The summed E-state index contributed by atoms with van der Waals surface area (Å²) in [5, 5.41) is 0. The zero-order valence-electron chi connectivity index (χ0n) is 14.5. The summed E-state index contributed by atoms with van der Waals surface area (Å²) in [6, 6.07) is 8.26. The molecule has 2 atom stereocenters. The Bertz CT molecular complexity index is 569. The van der Waals surface area contributed by atoms with Gasteiger partial charge in [0.2, 0.25) is 0 Å². The molecule has 0 aliphatic carbocycles. The Kier molecular flexibility index (Phi) is 5.72. The fourth-order valence-corrected chi connectivity index (χ4v) is 3.23. The summed E-state index contributed by atoms with van der Waals surface area (Å²) in [6.45, 7) is 7.54. The van der Waals surface area contributed by atoms with Gasteiger partial charge >= 0.3 is 0 Å². The van der Waals surface area contributed by atoms with Crippen molar-refractivity contribution in [1.29, 1.82) is 0 Å². The van der Waals surface area contributed by atoms with E-state index in [0.29, 0.717) is 5.92 Å². The zero-order valence-corrected chi connectivity index (χ0v) is 14.5. The van der Waals surface area contributed by atoms with Gasteiger partial charge < -0.3 is 19.1 Å². The Morgan fingerprint density at radius 3 is 2.83 bits per heavy atom. The van der Waals surface area contributed by atoms with Crippen LogP contribution in [0.3, 0.4) is 0 Å². The summed E-state index contributed by atoms with van der Waals surface area (Å²) in [5.41, 5.74) is 1.06. The fraction of sp³-hybridized carbons (Fsp3) is 0.474. The largest absolute Gasteiger partial charge is 0.497 e. The summed E-state index contributed by atoms with van der Waals surface area (Å²) < 4.78 is 16.0.